The third-order valence-corrected chi connectivity index (χ3v) is 2.15. The molecule has 1 rings (SSSR count). The van der Waals surface area contributed by atoms with Gasteiger partial charge in [-0.15, -0.1) is 0 Å². The molecule has 0 atom stereocenters. The van der Waals surface area contributed by atoms with Crippen LogP contribution in [0.3, 0.4) is 0 Å². The van der Waals surface area contributed by atoms with E-state index >= 15 is 0 Å². The highest BCUT2D eigenvalue weighted by atomic mass is 79.9. The number of nitrogens with zero attached hydrogens (tertiary/aromatic N) is 1. The van der Waals surface area contributed by atoms with Crippen LogP contribution in [-0.2, 0) is 4.84 Å². The van der Waals surface area contributed by atoms with Gasteiger partial charge >= 0.3 is 0 Å². The molecular formula is C10H12BrNO. The fraction of sp³-hybridized carbons (Fsp3) is 0.300. The van der Waals surface area contributed by atoms with Crippen LogP contribution in [0.15, 0.2) is 27.8 Å². The molecule has 2 nitrogen and oxygen atoms in total. The zero-order chi connectivity index (χ0) is 9.84. The summed E-state index contributed by atoms with van der Waals surface area (Å²) in [6.45, 7) is 3.97. The number of halogens is 1. The van der Waals surface area contributed by atoms with Gasteiger partial charge in [-0.1, -0.05) is 27.2 Å². The molecule has 0 unspecified atom stereocenters. The Balaban J connectivity index is 3.08. The number of hydrogen-bond acceptors (Lipinski definition) is 2. The third-order valence-electron chi connectivity index (χ3n) is 1.69. The van der Waals surface area contributed by atoms with Crippen LogP contribution in [0.25, 0.3) is 0 Å². The highest BCUT2D eigenvalue weighted by Gasteiger charge is 2.00. The van der Waals surface area contributed by atoms with Gasteiger partial charge in [0.05, 0.1) is 5.71 Å². The second-order valence-corrected chi connectivity index (χ2v) is 3.79. The summed E-state index contributed by atoms with van der Waals surface area (Å²) in [6.07, 6.45) is 0. The fourth-order valence-corrected chi connectivity index (χ4v) is 1.74. The Kier molecular flexibility index (Phi) is 3.48. The standard InChI is InChI=1S/C10H12BrNO/c1-7-4-9(6-10(11)5-7)8(2)12-13-3/h4-6H,1-3H3/b12-8-. The predicted octanol–water partition coefficient (Wildman–Crippen LogP) is 3.13. The maximum atomic E-state index is 4.71. The summed E-state index contributed by atoms with van der Waals surface area (Å²) < 4.78 is 1.06. The number of rotatable bonds is 2. The van der Waals surface area contributed by atoms with E-state index in [0.717, 1.165) is 15.7 Å². The first-order valence-corrected chi connectivity index (χ1v) is 4.78. The minimum Gasteiger partial charge on any atom is -0.399 e. The quantitative estimate of drug-likeness (QED) is 0.576. The van der Waals surface area contributed by atoms with Gasteiger partial charge in [0.2, 0.25) is 0 Å². The molecule has 1 aromatic carbocycles. The Morgan fingerprint density at radius 2 is 2.08 bits per heavy atom. The van der Waals surface area contributed by atoms with Crippen LogP contribution in [0.1, 0.15) is 18.1 Å². The molecule has 1 aromatic rings. The van der Waals surface area contributed by atoms with Crippen molar-refractivity contribution < 1.29 is 4.84 Å². The molecule has 0 aromatic heterocycles. The molecule has 0 aliphatic carbocycles. The Bertz CT molecular complexity index is 313. The van der Waals surface area contributed by atoms with E-state index in [4.69, 9.17) is 4.84 Å². The van der Waals surface area contributed by atoms with Gasteiger partial charge in [-0.05, 0) is 31.5 Å². The second kappa shape index (κ2) is 4.42. The van der Waals surface area contributed by atoms with E-state index in [9.17, 15) is 0 Å². The summed E-state index contributed by atoms with van der Waals surface area (Å²) in [5.41, 5.74) is 3.16. The number of aryl methyl sites for hydroxylation is 1. The molecular weight excluding hydrogens is 230 g/mol. The first kappa shape index (κ1) is 10.3. The average Bonchev–Trinajstić information content (AvgIpc) is 2.03. The summed E-state index contributed by atoms with van der Waals surface area (Å²) >= 11 is 3.44. The molecule has 0 radical (unpaired) electrons. The average molecular weight is 242 g/mol. The van der Waals surface area contributed by atoms with Crippen LogP contribution in [0.4, 0.5) is 0 Å². The van der Waals surface area contributed by atoms with E-state index in [-0.39, 0.29) is 0 Å². The van der Waals surface area contributed by atoms with Gasteiger partial charge in [0, 0.05) is 10.0 Å². The van der Waals surface area contributed by atoms with Crippen molar-refractivity contribution in [3.8, 4) is 0 Å². The summed E-state index contributed by atoms with van der Waals surface area (Å²) in [5, 5.41) is 3.87. The Morgan fingerprint density at radius 1 is 1.38 bits per heavy atom. The lowest BCUT2D eigenvalue weighted by molar-refractivity contribution is 0.213. The summed E-state index contributed by atoms with van der Waals surface area (Å²) in [7, 11) is 1.55. The molecule has 0 saturated heterocycles. The Morgan fingerprint density at radius 3 is 2.62 bits per heavy atom. The van der Waals surface area contributed by atoms with Gasteiger partial charge in [0.25, 0.3) is 0 Å². The van der Waals surface area contributed by atoms with Gasteiger partial charge in [-0.3, -0.25) is 0 Å². The van der Waals surface area contributed by atoms with Gasteiger partial charge in [0.1, 0.15) is 7.11 Å². The van der Waals surface area contributed by atoms with Crippen LogP contribution in [-0.4, -0.2) is 12.8 Å². The summed E-state index contributed by atoms with van der Waals surface area (Å²) in [5.74, 6) is 0. The third kappa shape index (κ3) is 2.84. The first-order valence-electron chi connectivity index (χ1n) is 3.99. The van der Waals surface area contributed by atoms with Crippen LogP contribution in [0, 0.1) is 6.92 Å². The maximum Gasteiger partial charge on any atom is 0.106 e. The second-order valence-electron chi connectivity index (χ2n) is 2.88. The van der Waals surface area contributed by atoms with Crippen LogP contribution >= 0.6 is 15.9 Å². The van der Waals surface area contributed by atoms with E-state index in [1.165, 1.54) is 5.56 Å². The fourth-order valence-electron chi connectivity index (χ4n) is 1.13. The molecule has 0 bridgehead atoms. The monoisotopic (exact) mass is 241 g/mol. The zero-order valence-corrected chi connectivity index (χ0v) is 9.55. The van der Waals surface area contributed by atoms with Crippen LogP contribution < -0.4 is 0 Å². The molecule has 0 spiro atoms. The van der Waals surface area contributed by atoms with Crippen molar-refractivity contribution >= 4 is 21.6 Å². The predicted molar refractivity (Wildman–Crippen MR) is 58.1 cm³/mol. The summed E-state index contributed by atoms with van der Waals surface area (Å²) in [4.78, 5) is 4.71. The Labute approximate surface area is 86.7 Å². The van der Waals surface area contributed by atoms with Crippen LogP contribution in [0.5, 0.6) is 0 Å². The van der Waals surface area contributed by atoms with Gasteiger partial charge in [-0.2, -0.15) is 0 Å². The molecule has 0 aliphatic rings. The lowest BCUT2D eigenvalue weighted by Gasteiger charge is -2.02. The van der Waals surface area contributed by atoms with Gasteiger partial charge < -0.3 is 4.84 Å². The number of benzene rings is 1. The highest BCUT2D eigenvalue weighted by molar-refractivity contribution is 9.10. The first-order chi connectivity index (χ1) is 6.13. The van der Waals surface area contributed by atoms with Crippen molar-refractivity contribution in [1.82, 2.24) is 0 Å². The van der Waals surface area contributed by atoms with Crippen molar-refractivity contribution in [1.29, 1.82) is 0 Å². The van der Waals surface area contributed by atoms with Gasteiger partial charge in [0.15, 0.2) is 0 Å². The lowest BCUT2D eigenvalue weighted by Crippen LogP contribution is -1.95. The normalized spacial score (nSPS) is 11.5. The summed E-state index contributed by atoms with van der Waals surface area (Å²) in [6, 6.07) is 6.15. The van der Waals surface area contributed by atoms with Crippen molar-refractivity contribution in [2.24, 2.45) is 5.16 Å². The van der Waals surface area contributed by atoms with E-state index in [2.05, 4.69) is 33.2 Å². The van der Waals surface area contributed by atoms with Crippen molar-refractivity contribution in [2.75, 3.05) is 7.11 Å². The van der Waals surface area contributed by atoms with Gasteiger partial charge in [-0.25, -0.2) is 0 Å². The van der Waals surface area contributed by atoms with Crippen LogP contribution in [0.2, 0.25) is 0 Å². The lowest BCUT2D eigenvalue weighted by atomic mass is 10.1. The van der Waals surface area contributed by atoms with E-state index in [0.29, 0.717) is 0 Å². The highest BCUT2D eigenvalue weighted by Crippen LogP contribution is 2.15. The topological polar surface area (TPSA) is 21.6 Å². The zero-order valence-electron chi connectivity index (χ0n) is 7.97. The molecule has 0 saturated carbocycles. The molecule has 13 heavy (non-hydrogen) atoms. The molecule has 70 valence electrons. The van der Waals surface area contributed by atoms with E-state index in [1.54, 1.807) is 7.11 Å². The molecule has 0 amide bonds. The smallest absolute Gasteiger partial charge is 0.106 e. The minimum atomic E-state index is 0.881. The largest absolute Gasteiger partial charge is 0.399 e. The molecule has 3 heteroatoms. The number of hydrogen-bond donors (Lipinski definition) is 0. The minimum absolute atomic E-state index is 0.881. The van der Waals surface area contributed by atoms with E-state index < -0.39 is 0 Å². The SMILES string of the molecule is CO/N=C(/C)c1cc(C)cc(Br)c1. The van der Waals surface area contributed by atoms with Crippen molar-refractivity contribution in [3.63, 3.8) is 0 Å². The Hall–Kier alpha value is -0.830. The number of oxime groups is 1. The molecule has 0 heterocycles. The molecule has 0 N–H and O–H groups in total. The van der Waals surface area contributed by atoms with Crippen molar-refractivity contribution in [2.45, 2.75) is 13.8 Å². The molecule has 0 fully saturated rings. The van der Waals surface area contributed by atoms with E-state index in [1.807, 2.05) is 19.9 Å². The van der Waals surface area contributed by atoms with Crippen molar-refractivity contribution in [3.05, 3.63) is 33.8 Å². The maximum absolute atomic E-state index is 4.71. The molecule has 0 aliphatic heterocycles.